The number of halogens is 1. The van der Waals surface area contributed by atoms with Gasteiger partial charge in [-0.3, -0.25) is 9.59 Å². The summed E-state index contributed by atoms with van der Waals surface area (Å²) in [5.41, 5.74) is 0.977. The van der Waals surface area contributed by atoms with Crippen LogP contribution in [0.2, 0.25) is 5.02 Å². The zero-order chi connectivity index (χ0) is 19.2. The van der Waals surface area contributed by atoms with Crippen molar-refractivity contribution >= 4 is 23.5 Å². The summed E-state index contributed by atoms with van der Waals surface area (Å²) >= 11 is 6.00. The number of ether oxygens (including phenoxy) is 2. The Bertz CT molecular complexity index is 557. The van der Waals surface area contributed by atoms with E-state index in [-0.39, 0.29) is 18.4 Å². The summed E-state index contributed by atoms with van der Waals surface area (Å²) in [6.07, 6.45) is 8.83. The van der Waals surface area contributed by atoms with E-state index in [2.05, 4.69) is 6.92 Å². The van der Waals surface area contributed by atoms with Crippen LogP contribution in [-0.4, -0.2) is 18.5 Å². The van der Waals surface area contributed by atoms with Crippen molar-refractivity contribution in [1.29, 1.82) is 0 Å². The number of carbonyl (C=O) groups is 2. The molecule has 26 heavy (non-hydrogen) atoms. The van der Waals surface area contributed by atoms with Crippen LogP contribution >= 0.6 is 11.6 Å². The van der Waals surface area contributed by atoms with Crippen LogP contribution in [0.15, 0.2) is 18.2 Å². The second-order valence-electron chi connectivity index (χ2n) is 6.60. The highest BCUT2D eigenvalue weighted by atomic mass is 35.5. The van der Waals surface area contributed by atoms with E-state index in [0.717, 1.165) is 18.4 Å². The van der Waals surface area contributed by atoms with Gasteiger partial charge in [-0.2, -0.15) is 0 Å². The summed E-state index contributed by atoms with van der Waals surface area (Å²) in [4.78, 5) is 23.5. The van der Waals surface area contributed by atoms with E-state index >= 15 is 0 Å². The number of aryl methyl sites for hydroxylation is 1. The van der Waals surface area contributed by atoms with E-state index in [1.807, 2.05) is 13.0 Å². The normalized spacial score (nSPS) is 10.6. The standard InChI is InChI=1S/C21H31ClO4/c1-3-4-5-6-7-10-15-25-20(23)11-8-9-12-21(24)26-19-16-17(2)13-14-18(19)22/h13-14,16H,3-12,15H2,1-2H3. The third-order valence-electron chi connectivity index (χ3n) is 4.08. The van der Waals surface area contributed by atoms with Crippen molar-refractivity contribution in [2.75, 3.05) is 6.61 Å². The molecule has 146 valence electrons. The van der Waals surface area contributed by atoms with Crippen molar-refractivity contribution in [3.63, 3.8) is 0 Å². The van der Waals surface area contributed by atoms with E-state index in [1.54, 1.807) is 12.1 Å². The van der Waals surface area contributed by atoms with Crippen molar-refractivity contribution in [3.8, 4) is 5.75 Å². The highest BCUT2D eigenvalue weighted by Crippen LogP contribution is 2.25. The van der Waals surface area contributed by atoms with Crippen LogP contribution in [0, 0.1) is 6.92 Å². The van der Waals surface area contributed by atoms with Gasteiger partial charge < -0.3 is 9.47 Å². The molecule has 0 radical (unpaired) electrons. The summed E-state index contributed by atoms with van der Waals surface area (Å²) in [6, 6.07) is 5.30. The second kappa shape index (κ2) is 13.6. The zero-order valence-corrected chi connectivity index (χ0v) is 16.8. The van der Waals surface area contributed by atoms with Crippen molar-refractivity contribution in [3.05, 3.63) is 28.8 Å². The Labute approximate surface area is 162 Å². The first-order chi connectivity index (χ1) is 12.5. The van der Waals surface area contributed by atoms with Crippen LogP contribution in [0.4, 0.5) is 0 Å². The fourth-order valence-corrected chi connectivity index (χ4v) is 2.70. The summed E-state index contributed by atoms with van der Waals surface area (Å²) in [7, 11) is 0. The average molecular weight is 383 g/mol. The first-order valence-corrected chi connectivity index (χ1v) is 10.0. The van der Waals surface area contributed by atoms with Crippen LogP contribution in [0.1, 0.15) is 76.7 Å². The third-order valence-corrected chi connectivity index (χ3v) is 4.40. The van der Waals surface area contributed by atoms with Gasteiger partial charge in [0.05, 0.1) is 11.6 Å². The molecule has 0 unspecified atom stereocenters. The minimum absolute atomic E-state index is 0.186. The third kappa shape index (κ3) is 10.4. The lowest BCUT2D eigenvalue weighted by Gasteiger charge is -2.07. The maximum Gasteiger partial charge on any atom is 0.311 e. The van der Waals surface area contributed by atoms with Crippen molar-refractivity contribution in [1.82, 2.24) is 0 Å². The molecule has 0 atom stereocenters. The Morgan fingerprint density at radius 1 is 0.923 bits per heavy atom. The molecule has 0 aliphatic rings. The van der Waals surface area contributed by atoms with Crippen LogP contribution in [0.3, 0.4) is 0 Å². The number of rotatable bonds is 13. The molecule has 1 aromatic carbocycles. The zero-order valence-electron chi connectivity index (χ0n) is 16.0. The Kier molecular flexibility index (Phi) is 11.8. The van der Waals surface area contributed by atoms with Gasteiger partial charge in [-0.15, -0.1) is 0 Å². The number of esters is 2. The summed E-state index contributed by atoms with van der Waals surface area (Å²) in [5, 5.41) is 0.419. The van der Waals surface area contributed by atoms with Crippen LogP contribution in [0.5, 0.6) is 5.75 Å². The van der Waals surface area contributed by atoms with Gasteiger partial charge in [0.25, 0.3) is 0 Å². The monoisotopic (exact) mass is 382 g/mol. The van der Waals surface area contributed by atoms with Gasteiger partial charge in [0.1, 0.15) is 5.75 Å². The van der Waals surface area contributed by atoms with Gasteiger partial charge in [0, 0.05) is 12.8 Å². The highest BCUT2D eigenvalue weighted by molar-refractivity contribution is 6.32. The fraction of sp³-hybridized carbons (Fsp3) is 0.619. The van der Waals surface area contributed by atoms with Crippen LogP contribution in [0.25, 0.3) is 0 Å². The van der Waals surface area contributed by atoms with Gasteiger partial charge in [-0.1, -0.05) is 56.7 Å². The SMILES string of the molecule is CCCCCCCCOC(=O)CCCCC(=O)Oc1cc(C)ccc1Cl. The van der Waals surface area contributed by atoms with Crippen LogP contribution < -0.4 is 4.74 Å². The topological polar surface area (TPSA) is 52.6 Å². The van der Waals surface area contributed by atoms with E-state index < -0.39 is 0 Å². The molecule has 0 bridgehead atoms. The predicted molar refractivity (Wildman–Crippen MR) is 105 cm³/mol. The van der Waals surface area contributed by atoms with Crippen molar-refractivity contribution < 1.29 is 19.1 Å². The molecule has 0 amide bonds. The molecular weight excluding hydrogens is 352 g/mol. The average Bonchev–Trinajstić information content (AvgIpc) is 2.61. The van der Waals surface area contributed by atoms with E-state index in [1.165, 1.54) is 25.7 Å². The molecule has 0 saturated heterocycles. The van der Waals surface area contributed by atoms with E-state index in [9.17, 15) is 9.59 Å². The number of hydrogen-bond donors (Lipinski definition) is 0. The molecule has 0 heterocycles. The number of unbranched alkanes of at least 4 members (excludes halogenated alkanes) is 6. The summed E-state index contributed by atoms with van der Waals surface area (Å²) in [5.74, 6) is -0.137. The Morgan fingerprint density at radius 2 is 1.58 bits per heavy atom. The molecule has 0 aromatic heterocycles. The Morgan fingerprint density at radius 3 is 2.31 bits per heavy atom. The van der Waals surface area contributed by atoms with E-state index in [4.69, 9.17) is 21.1 Å². The largest absolute Gasteiger partial charge is 0.466 e. The number of benzene rings is 1. The highest BCUT2D eigenvalue weighted by Gasteiger charge is 2.09. The fourth-order valence-electron chi connectivity index (χ4n) is 2.54. The second-order valence-corrected chi connectivity index (χ2v) is 7.01. The molecule has 0 aliphatic carbocycles. The number of hydrogen-bond acceptors (Lipinski definition) is 4. The molecule has 1 aromatic rings. The van der Waals surface area contributed by atoms with Gasteiger partial charge in [0.15, 0.2) is 0 Å². The van der Waals surface area contributed by atoms with Crippen LogP contribution in [-0.2, 0) is 14.3 Å². The summed E-state index contributed by atoms with van der Waals surface area (Å²) in [6.45, 7) is 4.60. The quantitative estimate of drug-likeness (QED) is 0.238. The minimum atomic E-state index is -0.335. The first-order valence-electron chi connectivity index (χ1n) is 9.65. The molecular formula is C21H31ClO4. The molecule has 5 heteroatoms. The van der Waals surface area contributed by atoms with Gasteiger partial charge in [-0.25, -0.2) is 0 Å². The molecule has 4 nitrogen and oxygen atoms in total. The van der Waals surface area contributed by atoms with E-state index in [0.29, 0.717) is 36.6 Å². The lowest BCUT2D eigenvalue weighted by Crippen LogP contribution is -2.09. The van der Waals surface area contributed by atoms with Gasteiger partial charge in [0.2, 0.25) is 0 Å². The molecule has 0 saturated carbocycles. The molecule has 0 spiro atoms. The Hall–Kier alpha value is -1.55. The van der Waals surface area contributed by atoms with Crippen molar-refractivity contribution in [2.45, 2.75) is 78.1 Å². The Balaban J connectivity index is 2.06. The molecule has 1 rings (SSSR count). The van der Waals surface area contributed by atoms with Gasteiger partial charge in [-0.05, 0) is 43.9 Å². The smallest absolute Gasteiger partial charge is 0.311 e. The van der Waals surface area contributed by atoms with Crippen molar-refractivity contribution in [2.24, 2.45) is 0 Å². The predicted octanol–water partition coefficient (Wildman–Crippen LogP) is 6.02. The molecule has 0 fully saturated rings. The first kappa shape index (κ1) is 22.5. The molecule has 0 N–H and O–H groups in total. The molecule has 0 aliphatic heterocycles. The maximum atomic E-state index is 11.8. The summed E-state index contributed by atoms with van der Waals surface area (Å²) < 4.78 is 10.5. The lowest BCUT2D eigenvalue weighted by atomic mass is 10.1. The minimum Gasteiger partial charge on any atom is -0.466 e. The lowest BCUT2D eigenvalue weighted by molar-refractivity contribution is -0.144. The van der Waals surface area contributed by atoms with Gasteiger partial charge >= 0.3 is 11.9 Å². The maximum absolute atomic E-state index is 11.8. The number of carbonyl (C=O) groups excluding carboxylic acids is 2.